The molecule has 17 heavy (non-hydrogen) atoms. The van der Waals surface area contributed by atoms with Gasteiger partial charge in [0.2, 0.25) is 0 Å². The lowest BCUT2D eigenvalue weighted by Crippen LogP contribution is -2.48. The molecule has 0 nitrogen and oxygen atoms in total. The van der Waals surface area contributed by atoms with E-state index in [4.69, 9.17) is 0 Å². The van der Waals surface area contributed by atoms with Gasteiger partial charge < -0.3 is 0 Å². The van der Waals surface area contributed by atoms with Gasteiger partial charge in [-0.2, -0.15) is 0 Å². The normalized spacial score (nSPS) is 51.0. The first-order chi connectivity index (χ1) is 7.80. The van der Waals surface area contributed by atoms with Crippen LogP contribution in [0.2, 0.25) is 0 Å². The van der Waals surface area contributed by atoms with Crippen LogP contribution in [0.5, 0.6) is 0 Å². The highest BCUT2D eigenvalue weighted by atomic mass is 14.7. The molecule has 0 aromatic heterocycles. The van der Waals surface area contributed by atoms with Gasteiger partial charge in [0.1, 0.15) is 0 Å². The summed E-state index contributed by atoms with van der Waals surface area (Å²) in [6, 6.07) is 0. The number of hydrogen-bond donors (Lipinski definition) is 0. The Morgan fingerprint density at radius 1 is 1.00 bits per heavy atom. The van der Waals surface area contributed by atoms with Crippen molar-refractivity contribution in [2.75, 3.05) is 0 Å². The largest absolute Gasteiger partial charge is 0.0625 e. The highest BCUT2D eigenvalue weighted by Gasteiger charge is 2.65. The Labute approximate surface area is 108 Å². The van der Waals surface area contributed by atoms with Crippen molar-refractivity contribution in [2.45, 2.75) is 73.1 Å². The molecule has 3 aliphatic carbocycles. The maximum absolute atomic E-state index is 2.59. The molecule has 0 N–H and O–H groups in total. The van der Waals surface area contributed by atoms with Gasteiger partial charge in [-0.3, -0.25) is 0 Å². The summed E-state index contributed by atoms with van der Waals surface area (Å²) in [6.45, 7) is 12.8. The van der Waals surface area contributed by atoms with Gasteiger partial charge in [0, 0.05) is 0 Å². The summed E-state index contributed by atoms with van der Waals surface area (Å²) in [5.41, 5.74) is 1.90. The van der Waals surface area contributed by atoms with E-state index in [0.717, 1.165) is 17.8 Å². The summed E-state index contributed by atoms with van der Waals surface area (Å²) in [4.78, 5) is 0. The predicted octanol–water partition coefficient (Wildman–Crippen LogP) is 5.28. The zero-order chi connectivity index (χ0) is 12.5. The van der Waals surface area contributed by atoms with E-state index in [1.807, 2.05) is 0 Å². The Morgan fingerprint density at radius 3 is 2.41 bits per heavy atom. The summed E-state index contributed by atoms with van der Waals surface area (Å²) in [6.07, 6.45) is 9.05. The molecule has 0 heterocycles. The minimum atomic E-state index is 0.585. The van der Waals surface area contributed by atoms with Crippen LogP contribution in [-0.4, -0.2) is 0 Å². The summed E-state index contributed by atoms with van der Waals surface area (Å²) in [5.74, 6) is 2.96. The number of rotatable bonds is 0. The molecule has 4 atom stereocenters. The zero-order valence-electron chi connectivity index (χ0n) is 12.5. The fraction of sp³-hybridized carbons (Fsp3) is 1.00. The average Bonchev–Trinajstić information content (AvgIpc) is 2.36. The molecule has 3 fully saturated rings. The van der Waals surface area contributed by atoms with Gasteiger partial charge >= 0.3 is 0 Å². The molecule has 2 bridgehead atoms. The summed E-state index contributed by atoms with van der Waals surface area (Å²) < 4.78 is 0. The molecular formula is C17H30. The van der Waals surface area contributed by atoms with Gasteiger partial charge in [-0.25, -0.2) is 0 Å². The fourth-order valence-electron chi connectivity index (χ4n) is 6.43. The van der Waals surface area contributed by atoms with Crippen LogP contribution >= 0.6 is 0 Å². The van der Waals surface area contributed by atoms with Gasteiger partial charge in [0.25, 0.3) is 0 Å². The molecular weight excluding hydrogens is 204 g/mol. The van der Waals surface area contributed by atoms with Crippen LogP contribution in [-0.2, 0) is 0 Å². The molecule has 98 valence electrons. The third-order valence-electron chi connectivity index (χ3n) is 7.25. The number of fused-ring (bicyclic) bond motifs is 1. The molecule has 3 saturated carbocycles. The maximum Gasteiger partial charge on any atom is -0.0210 e. The van der Waals surface area contributed by atoms with E-state index in [-0.39, 0.29) is 0 Å². The highest BCUT2D eigenvalue weighted by molar-refractivity contribution is 5.14. The van der Waals surface area contributed by atoms with Crippen molar-refractivity contribution in [1.29, 1.82) is 0 Å². The van der Waals surface area contributed by atoms with Crippen molar-refractivity contribution in [3.05, 3.63) is 0 Å². The number of hydrogen-bond acceptors (Lipinski definition) is 0. The summed E-state index contributed by atoms with van der Waals surface area (Å²) >= 11 is 0. The molecule has 0 amide bonds. The van der Waals surface area contributed by atoms with Gasteiger partial charge in [-0.15, -0.1) is 0 Å². The lowest BCUT2D eigenvalue weighted by Gasteiger charge is -2.56. The van der Waals surface area contributed by atoms with Crippen LogP contribution in [0, 0.1) is 34.0 Å². The Kier molecular flexibility index (Phi) is 2.34. The topological polar surface area (TPSA) is 0 Å². The second-order valence-electron chi connectivity index (χ2n) is 8.75. The summed E-state index contributed by atoms with van der Waals surface area (Å²) in [7, 11) is 0. The third kappa shape index (κ3) is 1.36. The first kappa shape index (κ1) is 12.1. The zero-order valence-corrected chi connectivity index (χ0v) is 12.5. The van der Waals surface area contributed by atoms with Crippen LogP contribution in [0.1, 0.15) is 73.1 Å². The standard InChI is InChI=1S/C17H30/c1-12-9-14-16(4,5)13-7-6-8-17(14,11-13)15(2,3)10-12/h12-14H,6-11H2,1-5H3. The van der Waals surface area contributed by atoms with E-state index in [1.54, 1.807) is 6.42 Å². The van der Waals surface area contributed by atoms with Crippen molar-refractivity contribution >= 4 is 0 Å². The van der Waals surface area contributed by atoms with Crippen molar-refractivity contribution in [3.63, 3.8) is 0 Å². The van der Waals surface area contributed by atoms with Crippen LogP contribution in [0.25, 0.3) is 0 Å². The quantitative estimate of drug-likeness (QED) is 0.535. The minimum Gasteiger partial charge on any atom is -0.0625 e. The first-order valence-electron chi connectivity index (χ1n) is 7.80. The molecule has 3 aliphatic rings. The second-order valence-corrected chi connectivity index (χ2v) is 8.75. The molecule has 4 unspecified atom stereocenters. The van der Waals surface area contributed by atoms with Crippen molar-refractivity contribution < 1.29 is 0 Å². The van der Waals surface area contributed by atoms with Crippen molar-refractivity contribution in [2.24, 2.45) is 34.0 Å². The molecule has 3 rings (SSSR count). The van der Waals surface area contributed by atoms with Crippen molar-refractivity contribution in [3.8, 4) is 0 Å². The van der Waals surface area contributed by atoms with Crippen LogP contribution in [0.4, 0.5) is 0 Å². The van der Waals surface area contributed by atoms with Gasteiger partial charge in [0.05, 0.1) is 0 Å². The molecule has 0 heteroatoms. The molecule has 1 spiro atoms. The monoisotopic (exact) mass is 234 g/mol. The highest BCUT2D eigenvalue weighted by Crippen LogP contribution is 2.73. The Bertz CT molecular complexity index is 325. The average molecular weight is 234 g/mol. The lowest BCUT2D eigenvalue weighted by atomic mass is 9.48. The third-order valence-corrected chi connectivity index (χ3v) is 7.25. The first-order valence-corrected chi connectivity index (χ1v) is 7.80. The maximum atomic E-state index is 2.59. The smallest absolute Gasteiger partial charge is 0.0210 e. The van der Waals surface area contributed by atoms with E-state index in [2.05, 4.69) is 34.6 Å². The molecule has 0 radical (unpaired) electrons. The second kappa shape index (κ2) is 3.31. The Morgan fingerprint density at radius 2 is 1.71 bits per heavy atom. The van der Waals surface area contributed by atoms with Crippen LogP contribution in [0.3, 0.4) is 0 Å². The Hall–Kier alpha value is 0. The van der Waals surface area contributed by atoms with E-state index >= 15 is 0 Å². The van der Waals surface area contributed by atoms with Gasteiger partial charge in [-0.05, 0) is 66.1 Å². The van der Waals surface area contributed by atoms with Crippen molar-refractivity contribution in [1.82, 2.24) is 0 Å². The predicted molar refractivity (Wildman–Crippen MR) is 73.8 cm³/mol. The minimum absolute atomic E-state index is 0.585. The van der Waals surface area contributed by atoms with Gasteiger partial charge in [-0.1, -0.05) is 41.0 Å². The molecule has 0 aliphatic heterocycles. The van der Waals surface area contributed by atoms with Crippen LogP contribution < -0.4 is 0 Å². The van der Waals surface area contributed by atoms with Gasteiger partial charge in [0.15, 0.2) is 0 Å². The molecule has 0 aromatic rings. The molecule has 0 aromatic carbocycles. The van der Waals surface area contributed by atoms with Crippen LogP contribution in [0.15, 0.2) is 0 Å². The van der Waals surface area contributed by atoms with E-state index in [1.165, 1.54) is 32.1 Å². The Balaban J connectivity index is 2.08. The van der Waals surface area contributed by atoms with E-state index in [0.29, 0.717) is 16.2 Å². The molecule has 0 saturated heterocycles. The summed E-state index contributed by atoms with van der Waals surface area (Å²) in [5, 5.41) is 0. The lowest BCUT2D eigenvalue weighted by molar-refractivity contribution is -0.0738. The SMILES string of the molecule is CC1CC2C(C)(C)C3CCCC2(C3)C(C)(C)C1. The van der Waals surface area contributed by atoms with E-state index < -0.39 is 0 Å². The fourth-order valence-corrected chi connectivity index (χ4v) is 6.43. The van der Waals surface area contributed by atoms with E-state index in [9.17, 15) is 0 Å².